The number of carbonyl (C=O) groups excluding carboxylic acids is 1. The first-order valence-electron chi connectivity index (χ1n) is 11.7. The molecule has 35 heavy (non-hydrogen) atoms. The van der Waals surface area contributed by atoms with Crippen molar-refractivity contribution < 1.29 is 30.3 Å². The first kappa shape index (κ1) is 34.9. The molecule has 15 heteroatoms. The van der Waals surface area contributed by atoms with E-state index in [1.54, 1.807) is 4.90 Å². The molecule has 0 radical (unpaired) electrons. The van der Waals surface area contributed by atoms with Gasteiger partial charge in [-0.05, 0) is 0 Å². The number of nitrogens with one attached hydrogen (secondary N) is 4. The second kappa shape index (κ2) is 24.3. The van der Waals surface area contributed by atoms with E-state index in [0.717, 1.165) is 0 Å². The summed E-state index contributed by atoms with van der Waals surface area (Å²) in [6.07, 6.45) is -1.87. The molecule has 0 aliphatic rings. The number of nitrogens with zero attached hydrogens (tertiary/aromatic N) is 2. The van der Waals surface area contributed by atoms with E-state index < -0.39 is 18.3 Å². The lowest BCUT2D eigenvalue weighted by Crippen LogP contribution is -2.44. The van der Waals surface area contributed by atoms with Gasteiger partial charge in [-0.1, -0.05) is 0 Å². The minimum absolute atomic E-state index is 0.00244. The quantitative estimate of drug-likeness (QED) is 0.0197. The van der Waals surface area contributed by atoms with Crippen LogP contribution in [-0.4, -0.2) is 158 Å². The lowest BCUT2D eigenvalue weighted by atomic mass is 10.3. The van der Waals surface area contributed by atoms with Crippen molar-refractivity contribution in [3.8, 4) is 0 Å². The van der Waals surface area contributed by atoms with Crippen LogP contribution in [0.2, 0.25) is 0 Å². The van der Waals surface area contributed by atoms with Gasteiger partial charge in [0.25, 0.3) is 0 Å². The van der Waals surface area contributed by atoms with E-state index >= 15 is 0 Å². The monoisotopic (exact) mass is 568 g/mol. The van der Waals surface area contributed by atoms with Crippen LogP contribution in [0.5, 0.6) is 0 Å². The zero-order chi connectivity index (χ0) is 26.3. The van der Waals surface area contributed by atoms with Crippen LogP contribution < -0.4 is 21.3 Å². The Morgan fingerprint density at radius 1 is 0.743 bits per heavy atom. The molecule has 0 saturated carbocycles. The van der Waals surface area contributed by atoms with Crippen LogP contribution in [0.15, 0.2) is 0 Å². The third-order valence-electron chi connectivity index (χ3n) is 4.85. The Labute approximate surface area is 223 Å². The minimum atomic E-state index is -0.653. The first-order chi connectivity index (χ1) is 16.9. The van der Waals surface area contributed by atoms with Crippen molar-refractivity contribution in [1.82, 2.24) is 31.1 Å². The second-order valence-electron chi connectivity index (χ2n) is 8.04. The summed E-state index contributed by atoms with van der Waals surface area (Å²) in [6, 6.07) is 0. The first-order valence-corrected chi connectivity index (χ1v) is 13.3. The van der Waals surface area contributed by atoms with Gasteiger partial charge in [0.2, 0.25) is 5.91 Å². The van der Waals surface area contributed by atoms with Crippen LogP contribution >= 0.6 is 34.8 Å². The van der Waals surface area contributed by atoms with E-state index in [4.69, 9.17) is 40.1 Å². The van der Waals surface area contributed by atoms with Gasteiger partial charge in [-0.3, -0.25) is 19.9 Å². The van der Waals surface area contributed by atoms with Crippen LogP contribution in [0.3, 0.4) is 0 Å². The molecule has 3 unspecified atom stereocenters. The Bertz CT molecular complexity index is 506. The predicted molar refractivity (Wildman–Crippen MR) is 138 cm³/mol. The number of carbonyl (C=O) groups is 1. The smallest absolute Gasteiger partial charge is 0.234 e. The van der Waals surface area contributed by atoms with Crippen molar-refractivity contribution in [2.75, 3.05) is 103 Å². The van der Waals surface area contributed by atoms with Gasteiger partial charge in [0.1, 0.15) is 6.73 Å². The molecular formula is C20H43Cl3N6O6. The highest BCUT2D eigenvalue weighted by atomic mass is 35.5. The molecule has 3 atom stereocenters. The van der Waals surface area contributed by atoms with E-state index in [1.807, 2.05) is 4.90 Å². The number of rotatable bonds is 25. The highest BCUT2D eigenvalue weighted by Crippen LogP contribution is 1.95. The van der Waals surface area contributed by atoms with Gasteiger partial charge in [-0.2, -0.15) is 0 Å². The van der Waals surface area contributed by atoms with E-state index in [1.165, 1.54) is 0 Å². The molecule has 0 aromatic carbocycles. The maximum absolute atomic E-state index is 12.1. The van der Waals surface area contributed by atoms with E-state index in [9.17, 15) is 20.1 Å². The Morgan fingerprint density at radius 3 is 1.74 bits per heavy atom. The van der Waals surface area contributed by atoms with Crippen LogP contribution in [0.25, 0.3) is 0 Å². The lowest BCUT2D eigenvalue weighted by Gasteiger charge is -2.25. The molecule has 0 aliphatic carbocycles. The van der Waals surface area contributed by atoms with Crippen molar-refractivity contribution in [1.29, 1.82) is 0 Å². The zero-order valence-corrected chi connectivity index (χ0v) is 22.4. The summed E-state index contributed by atoms with van der Waals surface area (Å²) in [4.78, 5) is 20.1. The molecular weight excluding hydrogens is 527 g/mol. The average molecular weight is 570 g/mol. The SMILES string of the molecule is O=C(CNCCN(CCNCC(O)CCl)CC(O)CCl)NCCN(CCNCC(O)CCl)COO. The predicted octanol–water partition coefficient (Wildman–Crippen LogP) is -2.28. The normalized spacial score (nSPS) is 14.4. The second-order valence-corrected chi connectivity index (χ2v) is 8.96. The van der Waals surface area contributed by atoms with Gasteiger partial charge in [-0.25, -0.2) is 4.89 Å². The summed E-state index contributed by atoms with van der Waals surface area (Å²) in [5.74, 6) is 0.288. The van der Waals surface area contributed by atoms with E-state index in [2.05, 4.69) is 26.2 Å². The summed E-state index contributed by atoms with van der Waals surface area (Å²) in [5, 5.41) is 49.5. The van der Waals surface area contributed by atoms with Gasteiger partial charge >= 0.3 is 0 Å². The fraction of sp³-hybridized carbons (Fsp3) is 0.950. The van der Waals surface area contributed by atoms with Crippen LogP contribution in [0.1, 0.15) is 0 Å². The lowest BCUT2D eigenvalue weighted by molar-refractivity contribution is -0.268. The largest absolute Gasteiger partial charge is 0.391 e. The molecule has 0 spiro atoms. The van der Waals surface area contributed by atoms with Gasteiger partial charge in [0, 0.05) is 89.6 Å². The fourth-order valence-corrected chi connectivity index (χ4v) is 3.26. The van der Waals surface area contributed by atoms with Gasteiger partial charge < -0.3 is 36.6 Å². The molecule has 0 aromatic rings. The van der Waals surface area contributed by atoms with Gasteiger partial charge in [0.05, 0.1) is 24.9 Å². The summed E-state index contributed by atoms with van der Waals surface area (Å²) in [5.41, 5.74) is 0. The zero-order valence-electron chi connectivity index (χ0n) is 20.2. The molecule has 0 bridgehead atoms. The van der Waals surface area contributed by atoms with Crippen molar-refractivity contribution >= 4 is 40.7 Å². The molecule has 210 valence electrons. The molecule has 0 aliphatic heterocycles. The summed E-state index contributed by atoms with van der Waals surface area (Å²) >= 11 is 16.8. The van der Waals surface area contributed by atoms with Crippen LogP contribution in [0.4, 0.5) is 0 Å². The van der Waals surface area contributed by atoms with Crippen molar-refractivity contribution in [3.05, 3.63) is 0 Å². The molecule has 0 rings (SSSR count). The van der Waals surface area contributed by atoms with Crippen molar-refractivity contribution in [2.45, 2.75) is 18.3 Å². The Kier molecular flexibility index (Phi) is 24.2. The number of alkyl halides is 3. The molecule has 0 aromatic heterocycles. The molecule has 8 N–H and O–H groups in total. The Balaban J connectivity index is 4.10. The fourth-order valence-electron chi connectivity index (χ4n) is 2.94. The summed E-state index contributed by atoms with van der Waals surface area (Å²) < 4.78 is 0. The minimum Gasteiger partial charge on any atom is -0.391 e. The van der Waals surface area contributed by atoms with E-state index in [-0.39, 0.29) is 36.8 Å². The topological polar surface area (TPSA) is 162 Å². The molecule has 0 fully saturated rings. The van der Waals surface area contributed by atoms with E-state index in [0.29, 0.717) is 72.0 Å². The van der Waals surface area contributed by atoms with Crippen LogP contribution in [0, 0.1) is 0 Å². The van der Waals surface area contributed by atoms with Crippen molar-refractivity contribution in [3.63, 3.8) is 0 Å². The average Bonchev–Trinajstić information content (AvgIpc) is 2.85. The maximum Gasteiger partial charge on any atom is 0.234 e. The number of hydrogen-bond acceptors (Lipinski definition) is 11. The number of amides is 1. The van der Waals surface area contributed by atoms with Gasteiger partial charge in [0.15, 0.2) is 0 Å². The summed E-state index contributed by atoms with van der Waals surface area (Å²) in [6.45, 7) is 5.66. The molecule has 0 saturated heterocycles. The summed E-state index contributed by atoms with van der Waals surface area (Å²) in [7, 11) is 0. The standard InChI is InChI=1S/C20H43Cl3N6O6/c21-9-17(30)12-24-1-5-28(15-19(32)11-23)6-2-26-14-20(33)27-4-8-29(16-35-34)7-3-25-13-18(31)10-22/h17-19,24-26,30-32,34H,1-16H2,(H,27,33). The number of aliphatic hydroxyl groups excluding tert-OH is 3. The third kappa shape index (κ3) is 21.7. The maximum atomic E-state index is 12.1. The highest BCUT2D eigenvalue weighted by molar-refractivity contribution is 6.18. The molecule has 12 nitrogen and oxygen atoms in total. The Morgan fingerprint density at radius 2 is 1.23 bits per heavy atom. The molecule has 0 heterocycles. The highest BCUT2D eigenvalue weighted by Gasteiger charge is 2.12. The molecule has 1 amide bonds. The third-order valence-corrected chi connectivity index (χ3v) is 5.92. The van der Waals surface area contributed by atoms with Gasteiger partial charge in [-0.15, -0.1) is 34.8 Å². The van der Waals surface area contributed by atoms with Crippen molar-refractivity contribution in [2.24, 2.45) is 0 Å². The number of aliphatic hydroxyl groups is 3. The Hall–Kier alpha value is -0.0600. The number of hydrogen-bond donors (Lipinski definition) is 8. The van der Waals surface area contributed by atoms with Crippen LogP contribution in [-0.2, 0) is 9.68 Å². The number of halogens is 3.